The van der Waals surface area contributed by atoms with Gasteiger partial charge in [0.2, 0.25) is 0 Å². The van der Waals surface area contributed by atoms with Crippen molar-refractivity contribution in [1.82, 2.24) is 0 Å². The highest BCUT2D eigenvalue weighted by Gasteiger charge is 2.64. The average molecular weight is 447 g/mol. The Morgan fingerprint density at radius 1 is 1.16 bits per heavy atom. The molecular weight excluding hydrogens is 404 g/mol. The highest BCUT2D eigenvalue weighted by molar-refractivity contribution is 5.91. The van der Waals surface area contributed by atoms with Gasteiger partial charge in [-0.15, -0.1) is 0 Å². The molecule has 180 valence electrons. The monoisotopic (exact) mass is 446 g/mol. The fraction of sp³-hybridized carbons (Fsp3) is 0.852. The molecule has 4 aliphatic rings. The van der Waals surface area contributed by atoms with Crippen molar-refractivity contribution in [2.75, 3.05) is 0 Å². The van der Waals surface area contributed by atoms with Crippen molar-refractivity contribution in [3.05, 3.63) is 11.6 Å². The van der Waals surface area contributed by atoms with Crippen molar-refractivity contribution in [2.45, 2.75) is 97.7 Å². The molecule has 4 aliphatic carbocycles. The summed E-state index contributed by atoms with van der Waals surface area (Å²) in [5.74, 6) is 0.676. The fourth-order valence-corrected chi connectivity index (χ4v) is 8.53. The topological polar surface area (TPSA) is 94.8 Å². The van der Waals surface area contributed by atoms with E-state index in [-0.39, 0.29) is 34.4 Å². The van der Waals surface area contributed by atoms with E-state index in [9.17, 15) is 19.8 Å². The molecule has 3 N–H and O–H groups in total. The van der Waals surface area contributed by atoms with Crippen molar-refractivity contribution in [2.24, 2.45) is 46.3 Å². The Labute approximate surface area is 192 Å². The summed E-state index contributed by atoms with van der Waals surface area (Å²) in [4.78, 5) is 23.2. The van der Waals surface area contributed by atoms with E-state index in [4.69, 9.17) is 5.11 Å². The van der Waals surface area contributed by atoms with Crippen molar-refractivity contribution in [3.63, 3.8) is 0 Å². The molecule has 0 aromatic rings. The van der Waals surface area contributed by atoms with Gasteiger partial charge in [-0.1, -0.05) is 46.1 Å². The van der Waals surface area contributed by atoms with Gasteiger partial charge in [-0.2, -0.15) is 0 Å². The summed E-state index contributed by atoms with van der Waals surface area (Å²) in [7, 11) is 0. The summed E-state index contributed by atoms with van der Waals surface area (Å²) in [6.07, 6.45) is 8.37. The van der Waals surface area contributed by atoms with Crippen LogP contribution < -0.4 is 0 Å². The molecule has 0 aromatic heterocycles. The maximum absolute atomic E-state index is 12.1. The maximum Gasteiger partial charge on any atom is 0.306 e. The second kappa shape index (κ2) is 8.54. The molecular formula is C27H42O5. The highest BCUT2D eigenvalue weighted by atomic mass is 16.4. The van der Waals surface area contributed by atoms with Crippen LogP contribution in [0.1, 0.15) is 85.5 Å². The molecule has 5 heteroatoms. The van der Waals surface area contributed by atoms with Gasteiger partial charge < -0.3 is 15.3 Å². The SMILES string of the molecule is CC(CCC[C@@H](C)[C@H]1CCC2C3C(C[C@H](O)[C@@]21C)[C@@]1(C)CCC(=O)C=C1C[C@H]3O)C(=O)O. The molecule has 3 fully saturated rings. The molecule has 10 atom stereocenters. The molecule has 0 radical (unpaired) electrons. The zero-order valence-corrected chi connectivity index (χ0v) is 20.2. The van der Waals surface area contributed by atoms with Crippen molar-refractivity contribution in [1.29, 1.82) is 0 Å². The van der Waals surface area contributed by atoms with E-state index >= 15 is 0 Å². The van der Waals surface area contributed by atoms with E-state index in [0.717, 1.165) is 37.7 Å². The number of carbonyl (C=O) groups excluding carboxylic acids is 1. The molecule has 0 aromatic carbocycles. The number of hydrogen-bond donors (Lipinski definition) is 3. The molecule has 4 rings (SSSR count). The summed E-state index contributed by atoms with van der Waals surface area (Å²) in [6, 6.07) is 0. The van der Waals surface area contributed by atoms with Gasteiger partial charge in [-0.05, 0) is 85.0 Å². The molecule has 0 saturated heterocycles. The summed E-state index contributed by atoms with van der Waals surface area (Å²) in [6.45, 7) is 8.58. The van der Waals surface area contributed by atoms with Gasteiger partial charge in [-0.25, -0.2) is 0 Å². The average Bonchev–Trinajstić information content (AvgIpc) is 3.08. The third-order valence-corrected chi connectivity index (χ3v) is 10.6. The Kier molecular flexibility index (Phi) is 6.39. The summed E-state index contributed by atoms with van der Waals surface area (Å²) in [5.41, 5.74) is 0.813. The van der Waals surface area contributed by atoms with Gasteiger partial charge in [0.1, 0.15) is 0 Å². The minimum absolute atomic E-state index is 0.0865. The lowest BCUT2D eigenvalue weighted by Gasteiger charge is -2.61. The van der Waals surface area contributed by atoms with E-state index < -0.39 is 18.2 Å². The molecule has 32 heavy (non-hydrogen) atoms. The first-order valence-electron chi connectivity index (χ1n) is 12.8. The first-order chi connectivity index (χ1) is 15.0. The molecule has 0 bridgehead atoms. The zero-order valence-electron chi connectivity index (χ0n) is 20.2. The number of fused-ring (bicyclic) bond motifs is 5. The number of carboxylic acid groups (broad SMARTS) is 1. The maximum atomic E-state index is 12.1. The summed E-state index contributed by atoms with van der Waals surface area (Å²) in [5, 5.41) is 32.0. The minimum Gasteiger partial charge on any atom is -0.481 e. The number of aliphatic hydroxyl groups excluding tert-OH is 2. The van der Waals surface area contributed by atoms with Crippen molar-refractivity contribution in [3.8, 4) is 0 Å². The number of aliphatic carboxylic acids is 1. The molecule has 0 amide bonds. The molecule has 0 spiro atoms. The van der Waals surface area contributed by atoms with Crippen LogP contribution >= 0.6 is 0 Å². The minimum atomic E-state index is -0.725. The van der Waals surface area contributed by atoms with Crippen LogP contribution in [0, 0.1) is 46.3 Å². The molecule has 0 heterocycles. The van der Waals surface area contributed by atoms with E-state index in [2.05, 4.69) is 20.8 Å². The number of carboxylic acids is 1. The lowest BCUT2D eigenvalue weighted by molar-refractivity contribution is -0.168. The van der Waals surface area contributed by atoms with E-state index in [1.54, 1.807) is 13.0 Å². The second-order valence-corrected chi connectivity index (χ2v) is 12.1. The van der Waals surface area contributed by atoms with Gasteiger partial charge in [0.15, 0.2) is 5.78 Å². The Balaban J connectivity index is 1.53. The summed E-state index contributed by atoms with van der Waals surface area (Å²) < 4.78 is 0. The Bertz CT molecular complexity index is 789. The standard InChI is InChI=1S/C27H42O5/c1-15(6-5-7-16(2)25(31)32)19-8-9-20-24-21(14-23(30)27(19,20)4)26(3)11-10-18(28)12-17(26)13-22(24)29/h12,15-16,19-24,29-30H,5-11,13-14H2,1-4H3,(H,31,32)/t15-,16?,19-,20?,21?,22-,23+,24?,26+,27-/m1/s1. The third-order valence-electron chi connectivity index (χ3n) is 10.6. The Morgan fingerprint density at radius 3 is 2.56 bits per heavy atom. The number of hydrogen-bond acceptors (Lipinski definition) is 4. The van der Waals surface area contributed by atoms with Crippen LogP contribution in [0.4, 0.5) is 0 Å². The van der Waals surface area contributed by atoms with Crippen LogP contribution in [0.2, 0.25) is 0 Å². The van der Waals surface area contributed by atoms with Crippen molar-refractivity contribution >= 4 is 11.8 Å². The number of aliphatic hydroxyl groups is 2. The van der Waals surface area contributed by atoms with Crippen LogP contribution in [-0.4, -0.2) is 39.3 Å². The van der Waals surface area contributed by atoms with Gasteiger partial charge >= 0.3 is 5.97 Å². The van der Waals surface area contributed by atoms with Gasteiger partial charge in [-0.3, -0.25) is 9.59 Å². The fourth-order valence-electron chi connectivity index (χ4n) is 8.53. The predicted molar refractivity (Wildman–Crippen MR) is 123 cm³/mol. The lowest BCUT2D eigenvalue weighted by Crippen LogP contribution is -2.60. The lowest BCUT2D eigenvalue weighted by atomic mass is 9.45. The van der Waals surface area contributed by atoms with Crippen LogP contribution in [-0.2, 0) is 9.59 Å². The normalized spacial score (nSPS) is 45.3. The number of rotatable bonds is 6. The first kappa shape index (κ1) is 23.9. The van der Waals surface area contributed by atoms with Crippen LogP contribution in [0.3, 0.4) is 0 Å². The van der Waals surface area contributed by atoms with Crippen molar-refractivity contribution < 1.29 is 24.9 Å². The van der Waals surface area contributed by atoms with E-state index in [1.165, 1.54) is 0 Å². The molecule has 0 aliphatic heterocycles. The molecule has 5 nitrogen and oxygen atoms in total. The van der Waals surface area contributed by atoms with E-state index in [0.29, 0.717) is 43.4 Å². The highest BCUT2D eigenvalue weighted by Crippen LogP contribution is 2.67. The quantitative estimate of drug-likeness (QED) is 0.554. The first-order valence-corrected chi connectivity index (χ1v) is 12.8. The van der Waals surface area contributed by atoms with E-state index in [1.807, 2.05) is 0 Å². The van der Waals surface area contributed by atoms with Crippen LogP contribution in [0.25, 0.3) is 0 Å². The van der Waals surface area contributed by atoms with Gasteiger partial charge in [0.05, 0.1) is 18.1 Å². The molecule has 4 unspecified atom stereocenters. The van der Waals surface area contributed by atoms with Gasteiger partial charge in [0, 0.05) is 6.42 Å². The predicted octanol–water partition coefficient (Wildman–Crippen LogP) is 4.60. The zero-order chi connectivity index (χ0) is 23.4. The third kappa shape index (κ3) is 3.68. The van der Waals surface area contributed by atoms with Gasteiger partial charge in [0.25, 0.3) is 0 Å². The smallest absolute Gasteiger partial charge is 0.306 e. The number of carbonyl (C=O) groups is 2. The van der Waals surface area contributed by atoms with Crippen LogP contribution in [0.15, 0.2) is 11.6 Å². The van der Waals surface area contributed by atoms with Crippen LogP contribution in [0.5, 0.6) is 0 Å². The summed E-state index contributed by atoms with van der Waals surface area (Å²) >= 11 is 0. The molecule has 3 saturated carbocycles. The number of ketones is 1. The second-order valence-electron chi connectivity index (χ2n) is 12.1. The Hall–Kier alpha value is -1.20. The Morgan fingerprint density at radius 2 is 1.88 bits per heavy atom. The largest absolute Gasteiger partial charge is 0.481 e.